The topological polar surface area (TPSA) is 214 Å². The average molecular weight is 1360 g/mol. The number of aromatic amines is 2. The Bertz CT molecular complexity index is 5050. The molecule has 0 radical (unpaired) electrons. The lowest BCUT2D eigenvalue weighted by Gasteiger charge is -2.29. The minimum atomic E-state index is 0.108. The minimum absolute atomic E-state index is 0.108. The molecule has 500 valence electrons. The van der Waals surface area contributed by atoms with Gasteiger partial charge in [0.2, 0.25) is 11.0 Å². The average Bonchev–Trinajstić information content (AvgIpc) is 1.43. The Kier molecular flexibility index (Phi) is 19.2. The molecule has 22 heteroatoms. The fourth-order valence-corrected chi connectivity index (χ4v) is 13.2. The second kappa shape index (κ2) is 30.4. The summed E-state index contributed by atoms with van der Waals surface area (Å²) in [7, 11) is 0. The van der Waals surface area contributed by atoms with E-state index in [0.717, 1.165) is 89.9 Å². The number of hydrogen-bond acceptors (Lipinski definition) is 20. The molecular weight excluding hydrogens is 1290 g/mol. The highest BCUT2D eigenvalue weighted by Crippen LogP contribution is 2.43. The van der Waals surface area contributed by atoms with E-state index < -0.39 is 0 Å². The first-order valence-corrected chi connectivity index (χ1v) is 34.2. The van der Waals surface area contributed by atoms with Gasteiger partial charge in [0.25, 0.3) is 0 Å². The minimum Gasteiger partial charge on any atom is -0.263 e. The summed E-state index contributed by atoms with van der Waals surface area (Å²) in [5.74, 6) is 3.82. The molecule has 0 spiro atoms. The number of aromatic nitrogens is 9. The maximum absolute atomic E-state index is 5.11. The molecule has 3 aliphatic rings. The molecule has 0 saturated heterocycles. The number of anilines is 6. The summed E-state index contributed by atoms with van der Waals surface area (Å²) in [4.78, 5) is 5.86. The van der Waals surface area contributed by atoms with Gasteiger partial charge < -0.3 is 0 Å². The number of H-pyrrole nitrogens is 2. The molecule has 5 N–H and O–H groups in total. The number of aryl methyl sites for hydroxylation is 2. The van der Waals surface area contributed by atoms with Crippen LogP contribution in [-0.4, -0.2) is 63.7 Å². The zero-order valence-corrected chi connectivity index (χ0v) is 56.5. The van der Waals surface area contributed by atoms with Gasteiger partial charge in [-0.05, 0) is 126 Å². The Morgan fingerprint density at radius 3 is 1.22 bits per heavy atom. The van der Waals surface area contributed by atoms with Crippen LogP contribution in [0.25, 0.3) is 33.6 Å². The fraction of sp³-hybridized carbons (Fsp3) is 0.0750. The van der Waals surface area contributed by atoms with Gasteiger partial charge in [-0.25, -0.2) is 4.98 Å². The summed E-state index contributed by atoms with van der Waals surface area (Å²) in [5.41, 5.74) is 25.8. The summed E-state index contributed by atoms with van der Waals surface area (Å²) >= 11 is 1.64. The van der Waals surface area contributed by atoms with E-state index in [-0.39, 0.29) is 11.8 Å². The number of thiazole rings is 1. The predicted molar refractivity (Wildman–Crippen MR) is 406 cm³/mol. The van der Waals surface area contributed by atoms with Crippen molar-refractivity contribution >= 4 is 62.4 Å². The van der Waals surface area contributed by atoms with Crippen molar-refractivity contribution in [1.29, 1.82) is 0 Å². The number of para-hydroxylation sites is 5. The van der Waals surface area contributed by atoms with Gasteiger partial charge in [0.15, 0.2) is 17.5 Å². The van der Waals surface area contributed by atoms with Crippen LogP contribution >= 0.6 is 11.3 Å². The first kappa shape index (κ1) is 64.4. The Balaban J connectivity index is 0.000000128. The molecule has 0 amide bonds. The lowest BCUT2D eigenvalue weighted by molar-refractivity contribution is 0.533. The SMILES string of the molecule is Cc1nc(N2NC(c3ccccc3)=NN2c2ccccc2)sc1C.c1ccc(-c2c(C3=NN(c4ccccc4)N(c4ccccc4)N3)ccc(-c3nn[nH]n3)c2-c2ccccc2)cc1.c1ccc(C(CC2=NN(c3ccccc3)N(c3ccccc3)N2)C(Cc2nn[nH]n2)c2ccccc2)cc1. The quantitative estimate of drug-likeness (QED) is 0.0540. The molecule has 0 bridgehead atoms. The lowest BCUT2D eigenvalue weighted by Crippen LogP contribution is -2.44. The van der Waals surface area contributed by atoms with E-state index in [2.05, 4.69) is 179 Å². The maximum atomic E-state index is 5.11. The van der Waals surface area contributed by atoms with Crippen LogP contribution < -0.4 is 47.0 Å². The zero-order chi connectivity index (χ0) is 68.8. The summed E-state index contributed by atoms with van der Waals surface area (Å²) < 4.78 is 0. The smallest absolute Gasteiger partial charge is 0.228 e. The fourth-order valence-electron chi connectivity index (χ4n) is 12.4. The Morgan fingerprint density at radius 1 is 0.353 bits per heavy atom. The third-order valence-electron chi connectivity index (χ3n) is 17.4. The third-order valence-corrected chi connectivity index (χ3v) is 18.4. The summed E-state index contributed by atoms with van der Waals surface area (Å²) in [6.45, 7) is 4.11. The largest absolute Gasteiger partial charge is 0.263 e. The van der Waals surface area contributed by atoms with Crippen molar-refractivity contribution in [3.05, 3.63) is 354 Å². The number of nitrogens with zero attached hydrogens (tertiary/aromatic N) is 16. The van der Waals surface area contributed by atoms with Crippen LogP contribution in [0.4, 0.5) is 33.6 Å². The van der Waals surface area contributed by atoms with E-state index in [9.17, 15) is 0 Å². The third kappa shape index (κ3) is 14.4. The van der Waals surface area contributed by atoms with Crippen LogP contribution in [-0.2, 0) is 6.42 Å². The van der Waals surface area contributed by atoms with E-state index in [1.165, 1.54) is 16.0 Å². The molecule has 3 aromatic heterocycles. The van der Waals surface area contributed by atoms with Crippen LogP contribution in [0.1, 0.15) is 56.9 Å². The number of amidine groups is 3. The van der Waals surface area contributed by atoms with Crippen LogP contribution in [0.3, 0.4) is 0 Å². The highest BCUT2D eigenvalue weighted by Gasteiger charge is 2.35. The molecule has 0 aliphatic carbocycles. The second-order valence-electron chi connectivity index (χ2n) is 23.9. The second-order valence-corrected chi connectivity index (χ2v) is 25.1. The van der Waals surface area contributed by atoms with Crippen molar-refractivity contribution < 1.29 is 0 Å². The van der Waals surface area contributed by atoms with Gasteiger partial charge in [-0.2, -0.15) is 30.9 Å². The van der Waals surface area contributed by atoms with Gasteiger partial charge >= 0.3 is 0 Å². The summed E-state index contributed by atoms with van der Waals surface area (Å²) in [5, 5.41) is 57.4. The van der Waals surface area contributed by atoms with Crippen molar-refractivity contribution in [3.63, 3.8) is 0 Å². The predicted octanol–water partition coefficient (Wildman–Crippen LogP) is 15.6. The van der Waals surface area contributed by atoms with Crippen molar-refractivity contribution in [2.75, 3.05) is 30.7 Å². The monoisotopic (exact) mass is 1360 g/mol. The number of benzene rings is 11. The van der Waals surface area contributed by atoms with E-state index in [1.54, 1.807) is 11.3 Å². The van der Waals surface area contributed by atoms with E-state index in [1.807, 2.05) is 244 Å². The first-order valence-electron chi connectivity index (χ1n) is 33.4. The summed E-state index contributed by atoms with van der Waals surface area (Å²) in [6, 6.07) is 107. The van der Waals surface area contributed by atoms with Crippen molar-refractivity contribution in [1.82, 2.24) is 62.5 Å². The van der Waals surface area contributed by atoms with Gasteiger partial charge in [0, 0.05) is 45.5 Å². The molecule has 3 aliphatic heterocycles. The highest BCUT2D eigenvalue weighted by molar-refractivity contribution is 7.15. The number of hydrazone groups is 3. The molecule has 21 nitrogen and oxygen atoms in total. The Hall–Kier alpha value is -13.6. The molecule has 2 unspecified atom stereocenters. The van der Waals surface area contributed by atoms with Crippen LogP contribution in [0, 0.1) is 13.8 Å². The van der Waals surface area contributed by atoms with Crippen molar-refractivity contribution in [2.24, 2.45) is 15.3 Å². The number of rotatable bonds is 18. The standard InChI is InChI=1S/C32H24N8.C30H28N8.C18H17N5S/c1-5-13-23(14-6-1)29-27(31-33-37-38-34-31)21-22-28(30(29)24-15-7-2-8-16-24)32-35-39(25-17-9-3-10-18-25)40(36-32)26-19-11-4-12-20-26;1-5-13-23(14-6-1)27(21-29-31-35-36-32-29)28(24-15-7-2-8-16-24)22-30-33-37(25-17-9-3-10-18-25)38(34-30)26-19-11-4-12-20-26;1-13-14(2)24-18(19-13)23-21-17(15-9-5-3-6-10-15)20-22(23)16-11-7-4-8-12-16/h1-22H,(H,35,36)(H,33,34,37,38);1-20,27-28H,21-22H2,(H,33,34)(H,31,32,35,36);3-12H,1-2H3,(H,20,21). The number of hydrazine groups is 6. The molecular formula is C80H69N21S. The lowest BCUT2D eigenvalue weighted by atomic mass is 9.77. The van der Waals surface area contributed by atoms with Gasteiger partial charge in [-0.15, -0.1) is 45.9 Å². The highest BCUT2D eigenvalue weighted by atomic mass is 32.1. The molecule has 6 heterocycles. The van der Waals surface area contributed by atoms with Gasteiger partial charge in [-0.1, -0.05) is 259 Å². The molecule has 14 aromatic rings. The summed E-state index contributed by atoms with van der Waals surface area (Å²) in [6.07, 6.45) is 1.34. The first-order chi connectivity index (χ1) is 50.4. The molecule has 17 rings (SSSR count). The molecule has 0 saturated carbocycles. The Morgan fingerprint density at radius 2 is 0.745 bits per heavy atom. The number of hydrogen-bond donors (Lipinski definition) is 5. The van der Waals surface area contributed by atoms with E-state index >= 15 is 0 Å². The van der Waals surface area contributed by atoms with Crippen molar-refractivity contribution in [3.8, 4) is 33.6 Å². The number of tetrazole rings is 2. The van der Waals surface area contributed by atoms with Gasteiger partial charge in [0.1, 0.15) is 5.84 Å². The van der Waals surface area contributed by atoms with Crippen LogP contribution in [0.5, 0.6) is 0 Å². The zero-order valence-electron chi connectivity index (χ0n) is 55.7. The molecule has 11 aromatic carbocycles. The van der Waals surface area contributed by atoms with Gasteiger partial charge in [-0.3, -0.25) is 16.3 Å². The van der Waals surface area contributed by atoms with Crippen molar-refractivity contribution in [2.45, 2.75) is 38.5 Å². The Labute approximate surface area is 593 Å². The van der Waals surface area contributed by atoms with Crippen LogP contribution in [0.15, 0.2) is 331 Å². The normalized spacial score (nSPS) is 13.7. The van der Waals surface area contributed by atoms with E-state index in [4.69, 9.17) is 15.3 Å². The van der Waals surface area contributed by atoms with Crippen LogP contribution in [0.2, 0.25) is 0 Å². The number of nitrogens with one attached hydrogen (secondary N) is 5. The molecule has 102 heavy (non-hydrogen) atoms. The van der Waals surface area contributed by atoms with Gasteiger partial charge in [0.05, 0.1) is 34.1 Å². The van der Waals surface area contributed by atoms with E-state index in [0.29, 0.717) is 30.3 Å². The molecule has 2 atom stereocenters. The maximum Gasteiger partial charge on any atom is 0.228 e. The molecule has 0 fully saturated rings.